The minimum atomic E-state index is -0.650. The molecule has 60 valence electrons. The SMILES string of the molecule is COC(=O)c1[nH]oc(=O)c1Br. The van der Waals surface area contributed by atoms with Crippen LogP contribution in [0.1, 0.15) is 10.5 Å². The van der Waals surface area contributed by atoms with Gasteiger partial charge in [0.05, 0.1) is 7.11 Å². The van der Waals surface area contributed by atoms with Gasteiger partial charge in [-0.3, -0.25) is 0 Å². The molecule has 0 amide bonds. The van der Waals surface area contributed by atoms with Crippen molar-refractivity contribution < 1.29 is 14.1 Å². The van der Waals surface area contributed by atoms with Gasteiger partial charge in [-0.05, 0) is 15.9 Å². The molecule has 0 saturated carbocycles. The molecular formula is C5H4BrNO4. The number of ether oxygens (including phenoxy) is 1. The third-order valence-corrected chi connectivity index (χ3v) is 1.75. The summed E-state index contributed by atoms with van der Waals surface area (Å²) in [7, 11) is 1.21. The number of aromatic nitrogens is 1. The first-order chi connectivity index (χ1) is 5.16. The number of esters is 1. The molecule has 1 rings (SSSR count). The molecule has 6 heteroatoms. The quantitative estimate of drug-likeness (QED) is 0.703. The molecule has 0 aliphatic carbocycles. The highest BCUT2D eigenvalue weighted by Crippen LogP contribution is 2.09. The fourth-order valence-corrected chi connectivity index (χ4v) is 0.846. The Morgan fingerprint density at radius 1 is 1.73 bits per heavy atom. The molecule has 0 unspecified atom stereocenters. The number of rotatable bonds is 1. The van der Waals surface area contributed by atoms with E-state index in [2.05, 4.69) is 30.3 Å². The van der Waals surface area contributed by atoms with Crippen molar-refractivity contribution in [3.05, 3.63) is 20.6 Å². The highest BCUT2D eigenvalue weighted by molar-refractivity contribution is 9.10. The van der Waals surface area contributed by atoms with Gasteiger partial charge in [0.25, 0.3) is 0 Å². The van der Waals surface area contributed by atoms with Gasteiger partial charge in [-0.1, -0.05) is 0 Å². The van der Waals surface area contributed by atoms with Crippen LogP contribution in [0.2, 0.25) is 0 Å². The number of hydrogen-bond acceptors (Lipinski definition) is 4. The Labute approximate surface area is 69.4 Å². The van der Waals surface area contributed by atoms with Crippen LogP contribution in [0, 0.1) is 0 Å². The van der Waals surface area contributed by atoms with Crippen LogP contribution in [0.25, 0.3) is 0 Å². The minimum absolute atomic E-state index is 0.0162. The van der Waals surface area contributed by atoms with Gasteiger partial charge in [0.15, 0.2) is 5.69 Å². The Hall–Kier alpha value is -1.04. The molecule has 0 radical (unpaired) electrons. The Bertz CT molecular complexity index is 325. The first-order valence-electron chi connectivity index (χ1n) is 2.62. The Kier molecular flexibility index (Phi) is 2.13. The zero-order valence-corrected chi connectivity index (χ0v) is 7.10. The van der Waals surface area contributed by atoms with Crippen LogP contribution in [0.15, 0.2) is 13.8 Å². The van der Waals surface area contributed by atoms with E-state index in [9.17, 15) is 9.59 Å². The van der Waals surface area contributed by atoms with E-state index in [1.54, 1.807) is 0 Å². The molecule has 0 saturated heterocycles. The molecule has 0 atom stereocenters. The largest absolute Gasteiger partial charge is 0.464 e. The minimum Gasteiger partial charge on any atom is -0.464 e. The number of aromatic amines is 1. The lowest BCUT2D eigenvalue weighted by Gasteiger charge is -1.91. The predicted molar refractivity (Wildman–Crippen MR) is 38.4 cm³/mol. The van der Waals surface area contributed by atoms with Crippen LogP contribution in [-0.4, -0.2) is 18.2 Å². The highest BCUT2D eigenvalue weighted by atomic mass is 79.9. The maximum Gasteiger partial charge on any atom is 0.372 e. The van der Waals surface area contributed by atoms with Crippen molar-refractivity contribution in [2.45, 2.75) is 0 Å². The van der Waals surface area contributed by atoms with E-state index in [1.165, 1.54) is 7.11 Å². The van der Waals surface area contributed by atoms with Crippen LogP contribution in [-0.2, 0) is 4.74 Å². The number of carbonyl (C=O) groups excluding carboxylic acids is 1. The maximum absolute atomic E-state index is 10.8. The number of H-pyrrole nitrogens is 1. The fourth-order valence-electron chi connectivity index (χ4n) is 0.522. The summed E-state index contributed by atoms with van der Waals surface area (Å²) in [6.45, 7) is 0. The van der Waals surface area contributed by atoms with E-state index in [0.717, 1.165) is 0 Å². The van der Waals surface area contributed by atoms with Gasteiger partial charge in [0, 0.05) is 0 Å². The van der Waals surface area contributed by atoms with Crippen LogP contribution in [0.4, 0.5) is 0 Å². The molecule has 1 aromatic rings. The molecule has 0 aliphatic heterocycles. The van der Waals surface area contributed by atoms with Gasteiger partial charge >= 0.3 is 11.6 Å². The average Bonchev–Trinajstić information content (AvgIpc) is 2.32. The summed E-state index contributed by atoms with van der Waals surface area (Å²) >= 11 is 2.85. The second kappa shape index (κ2) is 2.91. The normalized spacial score (nSPS) is 9.64. The van der Waals surface area contributed by atoms with Crippen molar-refractivity contribution in [3.8, 4) is 0 Å². The van der Waals surface area contributed by atoms with Crippen LogP contribution < -0.4 is 5.63 Å². The molecule has 1 heterocycles. The number of halogens is 1. The topological polar surface area (TPSA) is 72.3 Å². The summed E-state index contributed by atoms with van der Waals surface area (Å²) in [6, 6.07) is 0. The fraction of sp³-hybridized carbons (Fsp3) is 0.200. The molecule has 0 spiro atoms. The van der Waals surface area contributed by atoms with Crippen LogP contribution >= 0.6 is 15.9 Å². The summed E-state index contributed by atoms with van der Waals surface area (Å²) in [6.07, 6.45) is 0. The lowest BCUT2D eigenvalue weighted by molar-refractivity contribution is 0.0588. The molecular weight excluding hydrogens is 218 g/mol. The average molecular weight is 222 g/mol. The molecule has 0 fully saturated rings. The van der Waals surface area contributed by atoms with E-state index >= 15 is 0 Å². The molecule has 1 N–H and O–H groups in total. The van der Waals surface area contributed by atoms with E-state index in [4.69, 9.17) is 0 Å². The molecule has 0 bridgehead atoms. The van der Waals surface area contributed by atoms with Crippen LogP contribution in [0.3, 0.4) is 0 Å². The first kappa shape index (κ1) is 8.06. The number of hydrogen-bond donors (Lipinski definition) is 1. The van der Waals surface area contributed by atoms with E-state index in [0.29, 0.717) is 0 Å². The van der Waals surface area contributed by atoms with Gasteiger partial charge < -0.3 is 9.26 Å². The number of carbonyl (C=O) groups is 1. The van der Waals surface area contributed by atoms with Crippen molar-refractivity contribution in [2.24, 2.45) is 0 Å². The van der Waals surface area contributed by atoms with Crippen molar-refractivity contribution in [1.29, 1.82) is 0 Å². The Morgan fingerprint density at radius 2 is 2.36 bits per heavy atom. The van der Waals surface area contributed by atoms with Gasteiger partial charge in [-0.2, -0.15) is 0 Å². The second-order valence-electron chi connectivity index (χ2n) is 1.67. The smallest absolute Gasteiger partial charge is 0.372 e. The van der Waals surface area contributed by atoms with Crippen molar-refractivity contribution >= 4 is 21.9 Å². The number of nitrogens with one attached hydrogen (secondary N) is 1. The summed E-state index contributed by atoms with van der Waals surface area (Å²) in [5, 5.41) is 2.12. The Balaban J connectivity index is 3.15. The maximum atomic E-state index is 10.8. The monoisotopic (exact) mass is 221 g/mol. The van der Waals surface area contributed by atoms with Gasteiger partial charge in [0.2, 0.25) is 0 Å². The van der Waals surface area contributed by atoms with Crippen molar-refractivity contribution in [3.63, 3.8) is 0 Å². The van der Waals surface area contributed by atoms with E-state index in [-0.39, 0.29) is 10.2 Å². The molecule has 5 nitrogen and oxygen atoms in total. The number of methoxy groups -OCH3 is 1. The summed E-state index contributed by atoms with van der Waals surface area (Å²) < 4.78 is 8.67. The predicted octanol–water partition coefficient (Wildman–Crippen LogP) is 0.517. The van der Waals surface area contributed by atoms with Gasteiger partial charge in [-0.15, -0.1) is 0 Å². The zero-order valence-electron chi connectivity index (χ0n) is 5.51. The molecule has 11 heavy (non-hydrogen) atoms. The molecule has 1 aromatic heterocycles. The summed E-state index contributed by atoms with van der Waals surface area (Å²) in [5.74, 6) is -0.650. The van der Waals surface area contributed by atoms with E-state index < -0.39 is 11.6 Å². The lowest BCUT2D eigenvalue weighted by atomic mass is 10.4. The lowest BCUT2D eigenvalue weighted by Crippen LogP contribution is -2.03. The van der Waals surface area contributed by atoms with Gasteiger partial charge in [0.1, 0.15) is 4.47 Å². The zero-order chi connectivity index (χ0) is 8.43. The highest BCUT2D eigenvalue weighted by Gasteiger charge is 2.16. The van der Waals surface area contributed by atoms with Crippen molar-refractivity contribution in [1.82, 2.24) is 5.16 Å². The van der Waals surface area contributed by atoms with Crippen molar-refractivity contribution in [2.75, 3.05) is 7.11 Å². The third kappa shape index (κ3) is 1.35. The standard InChI is InChI=1S/C5H4BrNO4/c1-10-5(9)3-2(6)4(8)11-7-3/h7H,1H3. The molecule has 0 aromatic carbocycles. The summed E-state index contributed by atoms with van der Waals surface area (Å²) in [4.78, 5) is 21.4. The third-order valence-electron chi connectivity index (χ3n) is 1.03. The Morgan fingerprint density at radius 3 is 2.73 bits per heavy atom. The van der Waals surface area contributed by atoms with Gasteiger partial charge in [-0.25, -0.2) is 14.7 Å². The second-order valence-corrected chi connectivity index (χ2v) is 2.47. The molecule has 0 aliphatic rings. The summed E-state index contributed by atoms with van der Waals surface area (Å²) in [5.41, 5.74) is -0.650. The van der Waals surface area contributed by atoms with Crippen LogP contribution in [0.5, 0.6) is 0 Å². The first-order valence-corrected chi connectivity index (χ1v) is 3.41. The van der Waals surface area contributed by atoms with E-state index in [1.807, 2.05) is 0 Å².